The van der Waals surface area contributed by atoms with Crippen LogP contribution in [0.2, 0.25) is 0 Å². The molecular formula is C19H23Br. The zero-order chi connectivity index (χ0) is 14.5. The Morgan fingerprint density at radius 3 is 2.10 bits per heavy atom. The summed E-state index contributed by atoms with van der Waals surface area (Å²) in [7, 11) is 0. The van der Waals surface area contributed by atoms with Gasteiger partial charge in [0, 0.05) is 0 Å². The van der Waals surface area contributed by atoms with E-state index in [4.69, 9.17) is 0 Å². The van der Waals surface area contributed by atoms with Crippen LogP contribution >= 0.6 is 15.9 Å². The quantitative estimate of drug-likeness (QED) is 0.602. The molecule has 0 saturated heterocycles. The van der Waals surface area contributed by atoms with Crippen LogP contribution in [0.15, 0.2) is 42.5 Å². The summed E-state index contributed by atoms with van der Waals surface area (Å²) in [6.45, 7) is 6.68. The molecule has 1 heteroatoms. The minimum absolute atomic E-state index is 0.287. The molecule has 2 rings (SSSR count). The van der Waals surface area contributed by atoms with Gasteiger partial charge in [-0.2, -0.15) is 0 Å². The first kappa shape index (κ1) is 15.3. The predicted octanol–water partition coefficient (Wildman–Crippen LogP) is 5.86. The van der Waals surface area contributed by atoms with Crippen LogP contribution < -0.4 is 0 Å². The van der Waals surface area contributed by atoms with E-state index >= 15 is 0 Å². The number of aryl methyl sites for hydroxylation is 3. The van der Waals surface area contributed by atoms with Gasteiger partial charge in [0.25, 0.3) is 0 Å². The molecule has 2 aromatic rings. The number of hydrogen-bond donors (Lipinski definition) is 0. The van der Waals surface area contributed by atoms with Crippen LogP contribution in [-0.4, -0.2) is 0 Å². The molecule has 0 aliphatic heterocycles. The van der Waals surface area contributed by atoms with Gasteiger partial charge in [-0.1, -0.05) is 79.2 Å². The van der Waals surface area contributed by atoms with Crippen molar-refractivity contribution < 1.29 is 0 Å². The second-order valence-electron chi connectivity index (χ2n) is 5.15. The first-order valence-electron chi connectivity index (χ1n) is 7.54. The molecule has 0 heterocycles. The molecule has 2 aromatic carbocycles. The highest BCUT2D eigenvalue weighted by Crippen LogP contribution is 2.34. The van der Waals surface area contributed by atoms with Crippen LogP contribution in [0.5, 0.6) is 0 Å². The van der Waals surface area contributed by atoms with Crippen LogP contribution in [0.3, 0.4) is 0 Å². The van der Waals surface area contributed by atoms with Gasteiger partial charge in [-0.15, -0.1) is 0 Å². The maximum absolute atomic E-state index is 3.90. The van der Waals surface area contributed by atoms with Gasteiger partial charge in [0.05, 0.1) is 4.83 Å². The molecular weight excluding hydrogens is 308 g/mol. The highest BCUT2D eigenvalue weighted by molar-refractivity contribution is 9.09. The SMILES string of the molecule is CCc1ccc(C(Br)c2ccccc2CC)cc1CC. The van der Waals surface area contributed by atoms with Crippen molar-refractivity contribution in [2.45, 2.75) is 44.9 Å². The fourth-order valence-corrected chi connectivity index (χ4v) is 3.49. The van der Waals surface area contributed by atoms with Crippen LogP contribution in [0, 0.1) is 0 Å². The summed E-state index contributed by atoms with van der Waals surface area (Å²) in [4.78, 5) is 0.287. The summed E-state index contributed by atoms with van der Waals surface area (Å²) < 4.78 is 0. The Labute approximate surface area is 131 Å². The maximum atomic E-state index is 3.90. The average Bonchev–Trinajstić information content (AvgIpc) is 2.53. The average molecular weight is 331 g/mol. The molecule has 0 nitrogen and oxygen atoms in total. The van der Waals surface area contributed by atoms with Crippen LogP contribution in [-0.2, 0) is 19.3 Å². The van der Waals surface area contributed by atoms with Gasteiger partial charge in [-0.25, -0.2) is 0 Å². The minimum atomic E-state index is 0.287. The zero-order valence-electron chi connectivity index (χ0n) is 12.6. The van der Waals surface area contributed by atoms with Crippen LogP contribution in [0.1, 0.15) is 53.4 Å². The lowest BCUT2D eigenvalue weighted by atomic mass is 9.94. The highest BCUT2D eigenvalue weighted by atomic mass is 79.9. The van der Waals surface area contributed by atoms with Crippen molar-refractivity contribution in [3.63, 3.8) is 0 Å². The normalized spacial score (nSPS) is 12.4. The Balaban J connectivity index is 2.40. The number of alkyl halides is 1. The van der Waals surface area contributed by atoms with Gasteiger partial charge in [0.1, 0.15) is 0 Å². The predicted molar refractivity (Wildman–Crippen MR) is 91.8 cm³/mol. The fraction of sp³-hybridized carbons (Fsp3) is 0.368. The molecule has 0 N–H and O–H groups in total. The molecule has 1 atom stereocenters. The number of hydrogen-bond acceptors (Lipinski definition) is 0. The molecule has 0 radical (unpaired) electrons. The summed E-state index contributed by atoms with van der Waals surface area (Å²) in [6, 6.07) is 15.6. The van der Waals surface area contributed by atoms with Crippen molar-refractivity contribution >= 4 is 15.9 Å². The van der Waals surface area contributed by atoms with Crippen molar-refractivity contribution in [3.05, 3.63) is 70.3 Å². The van der Waals surface area contributed by atoms with Gasteiger partial charge in [0.15, 0.2) is 0 Å². The Bertz CT molecular complexity index is 572. The Morgan fingerprint density at radius 1 is 0.800 bits per heavy atom. The number of rotatable bonds is 5. The summed E-state index contributed by atoms with van der Waals surface area (Å²) in [5, 5.41) is 0. The van der Waals surface area contributed by atoms with Crippen molar-refractivity contribution in [1.82, 2.24) is 0 Å². The second-order valence-corrected chi connectivity index (χ2v) is 6.07. The molecule has 0 aromatic heterocycles. The minimum Gasteiger partial charge on any atom is -0.0786 e. The first-order valence-corrected chi connectivity index (χ1v) is 8.46. The monoisotopic (exact) mass is 330 g/mol. The molecule has 1 unspecified atom stereocenters. The molecule has 0 fully saturated rings. The van der Waals surface area contributed by atoms with Crippen molar-refractivity contribution in [1.29, 1.82) is 0 Å². The van der Waals surface area contributed by atoms with E-state index in [-0.39, 0.29) is 4.83 Å². The van der Waals surface area contributed by atoms with E-state index in [2.05, 4.69) is 79.2 Å². The molecule has 0 amide bonds. The molecule has 0 bridgehead atoms. The van der Waals surface area contributed by atoms with E-state index < -0.39 is 0 Å². The van der Waals surface area contributed by atoms with Crippen LogP contribution in [0.25, 0.3) is 0 Å². The highest BCUT2D eigenvalue weighted by Gasteiger charge is 2.14. The lowest BCUT2D eigenvalue weighted by molar-refractivity contribution is 1.01. The van der Waals surface area contributed by atoms with E-state index in [1.54, 1.807) is 0 Å². The fourth-order valence-electron chi connectivity index (χ4n) is 2.76. The van der Waals surface area contributed by atoms with Gasteiger partial charge in [0.2, 0.25) is 0 Å². The van der Waals surface area contributed by atoms with Gasteiger partial charge >= 0.3 is 0 Å². The smallest absolute Gasteiger partial charge is 0.0647 e. The van der Waals surface area contributed by atoms with E-state index in [9.17, 15) is 0 Å². The zero-order valence-corrected chi connectivity index (χ0v) is 14.2. The third kappa shape index (κ3) is 3.15. The molecule has 0 saturated carbocycles. The summed E-state index contributed by atoms with van der Waals surface area (Å²) in [6.07, 6.45) is 3.29. The summed E-state index contributed by atoms with van der Waals surface area (Å²) in [5.41, 5.74) is 7.12. The molecule has 0 spiro atoms. The second kappa shape index (κ2) is 7.08. The first-order chi connectivity index (χ1) is 9.71. The van der Waals surface area contributed by atoms with E-state index in [0.29, 0.717) is 0 Å². The van der Waals surface area contributed by atoms with Gasteiger partial charge < -0.3 is 0 Å². The standard InChI is InChI=1S/C19H23Br/c1-4-14-11-12-17(13-16(14)6-3)19(20)18-10-8-7-9-15(18)5-2/h7-13,19H,4-6H2,1-3H3. The van der Waals surface area contributed by atoms with E-state index in [0.717, 1.165) is 19.3 Å². The topological polar surface area (TPSA) is 0 Å². The summed E-state index contributed by atoms with van der Waals surface area (Å²) >= 11 is 3.90. The summed E-state index contributed by atoms with van der Waals surface area (Å²) in [5.74, 6) is 0. The van der Waals surface area contributed by atoms with E-state index in [1.165, 1.54) is 27.8 Å². The van der Waals surface area contributed by atoms with Crippen LogP contribution in [0.4, 0.5) is 0 Å². The number of halogens is 1. The van der Waals surface area contributed by atoms with Gasteiger partial charge in [-0.3, -0.25) is 0 Å². The number of benzene rings is 2. The van der Waals surface area contributed by atoms with Crippen molar-refractivity contribution in [3.8, 4) is 0 Å². The molecule has 0 aliphatic carbocycles. The third-order valence-electron chi connectivity index (χ3n) is 3.99. The Morgan fingerprint density at radius 2 is 1.45 bits per heavy atom. The van der Waals surface area contributed by atoms with Crippen molar-refractivity contribution in [2.24, 2.45) is 0 Å². The van der Waals surface area contributed by atoms with Gasteiger partial charge in [-0.05, 0) is 47.1 Å². The maximum Gasteiger partial charge on any atom is 0.0647 e. The third-order valence-corrected chi connectivity index (χ3v) is 5.02. The largest absolute Gasteiger partial charge is 0.0786 e. The lowest BCUT2D eigenvalue weighted by Crippen LogP contribution is -2.00. The Hall–Kier alpha value is -1.08. The molecule has 106 valence electrons. The molecule has 0 aliphatic rings. The lowest BCUT2D eigenvalue weighted by Gasteiger charge is -2.17. The van der Waals surface area contributed by atoms with Crippen molar-refractivity contribution in [2.75, 3.05) is 0 Å². The van der Waals surface area contributed by atoms with E-state index in [1.807, 2.05) is 0 Å². The Kier molecular flexibility index (Phi) is 5.42. The molecule has 20 heavy (non-hydrogen) atoms.